The molecule has 0 amide bonds. The molecule has 2 aromatic rings. The van der Waals surface area contributed by atoms with Gasteiger partial charge in [-0.3, -0.25) is 5.10 Å². The summed E-state index contributed by atoms with van der Waals surface area (Å²) in [5.41, 5.74) is 2.92. The number of carboxylic acids is 1. The van der Waals surface area contributed by atoms with Gasteiger partial charge >= 0.3 is 5.97 Å². The van der Waals surface area contributed by atoms with E-state index in [9.17, 15) is 9.90 Å². The first-order valence-electron chi connectivity index (χ1n) is 8.78. The van der Waals surface area contributed by atoms with Gasteiger partial charge in [-0.25, -0.2) is 4.79 Å². The molecule has 6 nitrogen and oxygen atoms in total. The van der Waals surface area contributed by atoms with Crippen LogP contribution in [0.3, 0.4) is 0 Å². The van der Waals surface area contributed by atoms with Crippen LogP contribution < -0.4 is 5.32 Å². The highest BCUT2D eigenvalue weighted by Crippen LogP contribution is 2.28. The summed E-state index contributed by atoms with van der Waals surface area (Å²) in [7, 11) is 0. The van der Waals surface area contributed by atoms with Gasteiger partial charge in [0.2, 0.25) is 0 Å². The molecule has 1 aromatic carbocycles. The van der Waals surface area contributed by atoms with Gasteiger partial charge in [0, 0.05) is 36.6 Å². The van der Waals surface area contributed by atoms with Crippen molar-refractivity contribution in [2.24, 2.45) is 5.92 Å². The number of benzene rings is 1. The molecule has 1 atom stereocenters. The molecule has 24 heavy (non-hydrogen) atoms. The summed E-state index contributed by atoms with van der Waals surface area (Å²) in [6.45, 7) is 6.38. The summed E-state index contributed by atoms with van der Waals surface area (Å²) in [6.07, 6.45) is 3.36. The number of aryl methyl sites for hydroxylation is 1. The second-order valence-electron chi connectivity index (χ2n) is 7.16. The third-order valence-corrected chi connectivity index (χ3v) is 5.54. The monoisotopic (exact) mass is 328 g/mol. The molecule has 2 bridgehead atoms. The smallest absolute Gasteiger partial charge is 0.336 e. The van der Waals surface area contributed by atoms with Crippen LogP contribution in [-0.4, -0.2) is 58.4 Å². The van der Waals surface area contributed by atoms with Crippen molar-refractivity contribution in [3.63, 3.8) is 0 Å². The second kappa shape index (κ2) is 6.18. The van der Waals surface area contributed by atoms with Gasteiger partial charge in [0.05, 0.1) is 11.1 Å². The number of H-pyrrole nitrogens is 1. The van der Waals surface area contributed by atoms with E-state index in [0.717, 1.165) is 47.6 Å². The van der Waals surface area contributed by atoms with Crippen molar-refractivity contribution in [1.82, 2.24) is 20.4 Å². The van der Waals surface area contributed by atoms with Gasteiger partial charge < -0.3 is 15.3 Å². The molecule has 5 rings (SSSR count). The molecule has 0 saturated carbocycles. The minimum Gasteiger partial charge on any atom is -0.478 e. The van der Waals surface area contributed by atoms with E-state index in [-0.39, 0.29) is 0 Å². The topological polar surface area (TPSA) is 81.2 Å². The molecule has 1 unspecified atom stereocenters. The molecule has 4 heterocycles. The Morgan fingerprint density at radius 2 is 2.21 bits per heavy atom. The minimum atomic E-state index is -0.892. The Kier molecular flexibility index (Phi) is 4.02. The maximum Gasteiger partial charge on any atom is 0.336 e. The van der Waals surface area contributed by atoms with Gasteiger partial charge in [0.15, 0.2) is 0 Å². The number of carbonyl (C=O) groups is 1. The molecule has 3 saturated heterocycles. The van der Waals surface area contributed by atoms with E-state index in [1.54, 1.807) is 6.07 Å². The number of hydrogen-bond acceptors (Lipinski definition) is 4. The quantitative estimate of drug-likeness (QED) is 0.780. The maximum atomic E-state index is 11.6. The van der Waals surface area contributed by atoms with Crippen LogP contribution in [0.25, 0.3) is 10.9 Å². The number of aromatic amines is 1. The number of hydrogen-bond donors (Lipinski definition) is 3. The third kappa shape index (κ3) is 2.80. The fraction of sp³-hybridized carbons (Fsp3) is 0.556. The molecular weight excluding hydrogens is 304 g/mol. The lowest BCUT2D eigenvalue weighted by atomic mass is 9.84. The lowest BCUT2D eigenvalue weighted by Crippen LogP contribution is -2.56. The zero-order valence-electron chi connectivity index (χ0n) is 14.0. The van der Waals surface area contributed by atoms with Crippen molar-refractivity contribution in [3.8, 4) is 0 Å². The predicted octanol–water partition coefficient (Wildman–Crippen LogP) is 1.80. The van der Waals surface area contributed by atoms with Gasteiger partial charge in [0.25, 0.3) is 0 Å². The largest absolute Gasteiger partial charge is 0.478 e. The molecule has 0 radical (unpaired) electrons. The van der Waals surface area contributed by atoms with Crippen LogP contribution in [0.2, 0.25) is 0 Å². The summed E-state index contributed by atoms with van der Waals surface area (Å²) >= 11 is 0. The standard InChI is InChI=1S/C18H24N4O2/c1-11-8-13(18(23)24)17-14(20-21-15(17)9-11)2-5-19-16-10-22-6-3-12(16)4-7-22/h8-9,12,16,19H,2-7,10H2,1H3,(H,20,21)(H,23,24). The molecule has 3 aliphatic rings. The molecule has 0 spiro atoms. The van der Waals surface area contributed by atoms with Crippen molar-refractivity contribution in [1.29, 1.82) is 0 Å². The zero-order chi connectivity index (χ0) is 16.7. The van der Waals surface area contributed by atoms with Crippen molar-refractivity contribution >= 4 is 16.9 Å². The molecule has 1 aromatic heterocycles. The average molecular weight is 328 g/mol. The Morgan fingerprint density at radius 1 is 1.42 bits per heavy atom. The van der Waals surface area contributed by atoms with Crippen molar-refractivity contribution in [3.05, 3.63) is 29.0 Å². The summed E-state index contributed by atoms with van der Waals surface area (Å²) in [5, 5.41) is 21.3. The Bertz CT molecular complexity index is 762. The maximum absolute atomic E-state index is 11.6. The number of aromatic nitrogens is 2. The van der Waals surface area contributed by atoms with E-state index < -0.39 is 5.97 Å². The molecule has 0 aliphatic carbocycles. The van der Waals surface area contributed by atoms with Crippen molar-refractivity contribution < 1.29 is 9.90 Å². The van der Waals surface area contributed by atoms with Gasteiger partial charge in [-0.05, 0) is 56.5 Å². The van der Waals surface area contributed by atoms with Crippen LogP contribution in [-0.2, 0) is 6.42 Å². The summed E-state index contributed by atoms with van der Waals surface area (Å²) < 4.78 is 0. The number of piperidine rings is 3. The van der Waals surface area contributed by atoms with E-state index in [1.807, 2.05) is 13.0 Å². The highest BCUT2D eigenvalue weighted by atomic mass is 16.4. The molecule has 128 valence electrons. The number of fused-ring (bicyclic) bond motifs is 4. The number of carboxylic acid groups (broad SMARTS) is 1. The molecule has 3 fully saturated rings. The highest BCUT2D eigenvalue weighted by Gasteiger charge is 2.33. The van der Waals surface area contributed by atoms with E-state index in [1.165, 1.54) is 25.9 Å². The predicted molar refractivity (Wildman–Crippen MR) is 92.4 cm³/mol. The van der Waals surface area contributed by atoms with E-state index in [0.29, 0.717) is 11.6 Å². The number of nitrogens with one attached hydrogen (secondary N) is 2. The second-order valence-corrected chi connectivity index (χ2v) is 7.16. The number of nitrogens with zero attached hydrogens (tertiary/aromatic N) is 2. The van der Waals surface area contributed by atoms with Crippen LogP contribution in [0.15, 0.2) is 12.1 Å². The van der Waals surface area contributed by atoms with Crippen LogP contribution in [0, 0.1) is 12.8 Å². The highest BCUT2D eigenvalue weighted by molar-refractivity contribution is 6.04. The van der Waals surface area contributed by atoms with Crippen molar-refractivity contribution in [2.75, 3.05) is 26.2 Å². The zero-order valence-corrected chi connectivity index (χ0v) is 14.0. The van der Waals surface area contributed by atoms with Gasteiger partial charge in [-0.15, -0.1) is 0 Å². The Labute approximate surface area is 141 Å². The summed E-state index contributed by atoms with van der Waals surface area (Å²) in [6, 6.07) is 4.23. The van der Waals surface area contributed by atoms with E-state index in [4.69, 9.17) is 0 Å². The molecular formula is C18H24N4O2. The van der Waals surface area contributed by atoms with Gasteiger partial charge in [-0.2, -0.15) is 5.10 Å². The first kappa shape index (κ1) is 15.6. The Hall–Kier alpha value is -1.92. The Balaban J connectivity index is 1.48. The lowest BCUT2D eigenvalue weighted by Gasteiger charge is -2.45. The van der Waals surface area contributed by atoms with Crippen LogP contribution in [0.5, 0.6) is 0 Å². The molecule has 6 heteroatoms. The third-order valence-electron chi connectivity index (χ3n) is 5.54. The Morgan fingerprint density at radius 3 is 2.88 bits per heavy atom. The first-order chi connectivity index (χ1) is 11.6. The van der Waals surface area contributed by atoms with Crippen LogP contribution >= 0.6 is 0 Å². The first-order valence-corrected chi connectivity index (χ1v) is 8.78. The minimum absolute atomic E-state index is 0.344. The van der Waals surface area contributed by atoms with E-state index >= 15 is 0 Å². The van der Waals surface area contributed by atoms with E-state index in [2.05, 4.69) is 20.4 Å². The van der Waals surface area contributed by atoms with Crippen LogP contribution in [0.4, 0.5) is 0 Å². The SMILES string of the molecule is Cc1cc(C(=O)O)c2c(CCNC3CN4CCC3CC4)[nH]nc2c1. The fourth-order valence-electron chi connectivity index (χ4n) is 4.28. The number of rotatable bonds is 5. The number of aromatic carboxylic acids is 1. The normalized spacial score (nSPS) is 26.1. The molecule has 3 aliphatic heterocycles. The fourth-order valence-corrected chi connectivity index (χ4v) is 4.28. The summed E-state index contributed by atoms with van der Waals surface area (Å²) in [5.74, 6) is -0.0950. The average Bonchev–Trinajstić information content (AvgIpc) is 2.98. The summed E-state index contributed by atoms with van der Waals surface area (Å²) in [4.78, 5) is 14.1. The van der Waals surface area contributed by atoms with Crippen LogP contribution in [0.1, 0.15) is 34.5 Å². The van der Waals surface area contributed by atoms with Crippen molar-refractivity contribution in [2.45, 2.75) is 32.2 Å². The van der Waals surface area contributed by atoms with Gasteiger partial charge in [0.1, 0.15) is 0 Å². The molecule has 3 N–H and O–H groups in total. The lowest BCUT2D eigenvalue weighted by molar-refractivity contribution is 0.0698. The van der Waals surface area contributed by atoms with Gasteiger partial charge in [-0.1, -0.05) is 0 Å².